The predicted molar refractivity (Wildman–Crippen MR) is 99.5 cm³/mol. The van der Waals surface area contributed by atoms with E-state index in [9.17, 15) is 31.5 Å². The van der Waals surface area contributed by atoms with E-state index >= 15 is 4.39 Å². The molecule has 1 saturated carbocycles. The molecule has 1 saturated heterocycles. The minimum atomic E-state index is -4.58. The molecule has 6 nitrogen and oxygen atoms in total. The van der Waals surface area contributed by atoms with Crippen LogP contribution < -0.4 is 17.0 Å². The molecule has 4 unspecified atom stereocenters. The number of halogens is 6. The van der Waals surface area contributed by atoms with Gasteiger partial charge in [-0.2, -0.15) is 13.2 Å². The van der Waals surface area contributed by atoms with Crippen molar-refractivity contribution in [2.24, 2.45) is 17.6 Å². The molecule has 2 fully saturated rings. The molecular weight excluding hydrogens is 430 g/mol. The van der Waals surface area contributed by atoms with Crippen molar-refractivity contribution in [3.8, 4) is 0 Å². The number of fused-ring (bicyclic) bond motifs is 1. The third-order valence-electron chi connectivity index (χ3n) is 6.59. The van der Waals surface area contributed by atoms with Crippen LogP contribution in [0.4, 0.5) is 26.3 Å². The van der Waals surface area contributed by atoms with Crippen molar-refractivity contribution in [1.29, 1.82) is 0 Å². The molecule has 3 N–H and O–H groups in total. The van der Waals surface area contributed by atoms with E-state index in [1.165, 1.54) is 16.4 Å². The standard InChI is InChI=1S/C19H22F6N4O2/c1-7-14-12(17(30)27-18(31)29(14)9-2-3-9)11(16(21)22)13(20)15(7)28-5-8(4-26)10(6-28)19(23,24)25/h7-10,15-16H,2-6,26H2,1H3,(H,27,30,31). The zero-order chi connectivity index (χ0) is 22.8. The van der Waals surface area contributed by atoms with Crippen molar-refractivity contribution in [3.63, 3.8) is 0 Å². The molecule has 0 amide bonds. The van der Waals surface area contributed by atoms with Gasteiger partial charge in [-0.3, -0.25) is 19.2 Å². The van der Waals surface area contributed by atoms with E-state index in [0.29, 0.717) is 12.8 Å². The minimum absolute atomic E-state index is 0.0438. The van der Waals surface area contributed by atoms with Gasteiger partial charge in [-0.15, -0.1) is 0 Å². The molecule has 1 aromatic heterocycles. The van der Waals surface area contributed by atoms with Gasteiger partial charge in [0.2, 0.25) is 0 Å². The Morgan fingerprint density at radius 1 is 1.19 bits per heavy atom. The van der Waals surface area contributed by atoms with Gasteiger partial charge in [0.05, 0.1) is 23.1 Å². The van der Waals surface area contributed by atoms with E-state index in [-0.39, 0.29) is 24.8 Å². The Hall–Kier alpha value is -2.08. The summed E-state index contributed by atoms with van der Waals surface area (Å²) < 4.78 is 84.9. The quantitative estimate of drug-likeness (QED) is 0.688. The molecule has 2 heterocycles. The Kier molecular flexibility index (Phi) is 5.36. The number of aromatic amines is 1. The number of aromatic nitrogens is 2. The van der Waals surface area contributed by atoms with Crippen molar-refractivity contribution in [1.82, 2.24) is 14.5 Å². The van der Waals surface area contributed by atoms with Crippen molar-refractivity contribution < 1.29 is 26.3 Å². The zero-order valence-electron chi connectivity index (χ0n) is 16.6. The number of allylic oxidation sites excluding steroid dienone is 1. The number of nitrogens with one attached hydrogen (secondary N) is 1. The van der Waals surface area contributed by atoms with Gasteiger partial charge < -0.3 is 5.73 Å². The molecule has 0 bridgehead atoms. The lowest BCUT2D eigenvalue weighted by Gasteiger charge is -2.38. The van der Waals surface area contributed by atoms with E-state index in [0.717, 1.165) is 0 Å². The van der Waals surface area contributed by atoms with Crippen LogP contribution in [0.2, 0.25) is 0 Å². The van der Waals surface area contributed by atoms with E-state index in [4.69, 9.17) is 5.73 Å². The molecule has 2 aliphatic carbocycles. The van der Waals surface area contributed by atoms with Crippen LogP contribution in [0.5, 0.6) is 0 Å². The Labute approximate surface area is 172 Å². The van der Waals surface area contributed by atoms with Crippen molar-refractivity contribution in [2.75, 3.05) is 19.6 Å². The first kappa shape index (κ1) is 22.1. The fourth-order valence-corrected chi connectivity index (χ4v) is 5.05. The minimum Gasteiger partial charge on any atom is -0.330 e. The highest BCUT2D eigenvalue weighted by Crippen LogP contribution is 2.48. The van der Waals surface area contributed by atoms with Crippen LogP contribution >= 0.6 is 0 Å². The second kappa shape index (κ2) is 7.51. The number of nitrogens with zero attached hydrogens (tertiary/aromatic N) is 2. The lowest BCUT2D eigenvalue weighted by molar-refractivity contribution is -0.179. The third kappa shape index (κ3) is 3.53. The molecule has 0 radical (unpaired) electrons. The third-order valence-corrected chi connectivity index (χ3v) is 6.59. The first-order valence-electron chi connectivity index (χ1n) is 10.0. The largest absolute Gasteiger partial charge is 0.393 e. The number of nitrogens with two attached hydrogens (primary N) is 1. The summed E-state index contributed by atoms with van der Waals surface area (Å²) in [5.74, 6) is -5.15. The molecule has 1 aliphatic heterocycles. The van der Waals surface area contributed by atoms with Crippen LogP contribution in [0.25, 0.3) is 5.57 Å². The van der Waals surface area contributed by atoms with Crippen LogP contribution in [0.1, 0.15) is 43.0 Å². The number of alkyl halides is 5. The van der Waals surface area contributed by atoms with Crippen molar-refractivity contribution in [3.05, 3.63) is 37.9 Å². The van der Waals surface area contributed by atoms with Crippen LogP contribution in [0.3, 0.4) is 0 Å². The number of rotatable bonds is 4. The monoisotopic (exact) mass is 452 g/mol. The van der Waals surface area contributed by atoms with E-state index in [1.807, 2.05) is 4.98 Å². The summed E-state index contributed by atoms with van der Waals surface area (Å²) in [7, 11) is 0. The Balaban J connectivity index is 1.88. The summed E-state index contributed by atoms with van der Waals surface area (Å²) in [5.41, 5.74) is 1.79. The number of hydrogen-bond acceptors (Lipinski definition) is 4. The van der Waals surface area contributed by atoms with Crippen LogP contribution in [0.15, 0.2) is 15.4 Å². The number of H-pyrrole nitrogens is 1. The molecule has 172 valence electrons. The van der Waals surface area contributed by atoms with Gasteiger partial charge in [-0.1, -0.05) is 6.92 Å². The number of hydrogen-bond donors (Lipinski definition) is 2. The molecule has 4 rings (SSSR count). The van der Waals surface area contributed by atoms with Crippen LogP contribution in [0, 0.1) is 11.8 Å². The van der Waals surface area contributed by atoms with Gasteiger partial charge in [0, 0.05) is 30.7 Å². The fraction of sp³-hybridized carbons (Fsp3) is 0.684. The first-order valence-corrected chi connectivity index (χ1v) is 10.0. The van der Waals surface area contributed by atoms with Gasteiger partial charge >= 0.3 is 11.9 Å². The average molecular weight is 452 g/mol. The van der Waals surface area contributed by atoms with Crippen molar-refractivity contribution in [2.45, 2.75) is 50.4 Å². The van der Waals surface area contributed by atoms with E-state index in [2.05, 4.69) is 0 Å². The molecule has 0 aromatic carbocycles. The topological polar surface area (TPSA) is 84.1 Å². The SMILES string of the molecule is CC1c2c(c(=O)[nH]c(=O)n2C2CC2)C(C(F)F)=C(F)C1N1CC(CN)C(C(F)(F)F)C1. The maximum atomic E-state index is 15.4. The van der Waals surface area contributed by atoms with Gasteiger partial charge in [0.1, 0.15) is 5.83 Å². The Morgan fingerprint density at radius 3 is 2.32 bits per heavy atom. The summed E-state index contributed by atoms with van der Waals surface area (Å²) in [5, 5.41) is 0. The highest BCUT2D eigenvalue weighted by molar-refractivity contribution is 5.74. The second-order valence-corrected chi connectivity index (χ2v) is 8.51. The Bertz CT molecular complexity index is 1030. The van der Waals surface area contributed by atoms with Crippen LogP contribution in [-0.4, -0.2) is 52.7 Å². The average Bonchev–Trinajstić information content (AvgIpc) is 3.39. The fourth-order valence-electron chi connectivity index (χ4n) is 5.05. The van der Waals surface area contributed by atoms with Gasteiger partial charge in [-0.25, -0.2) is 18.0 Å². The molecule has 12 heteroatoms. The van der Waals surface area contributed by atoms with Crippen molar-refractivity contribution >= 4 is 5.57 Å². The molecule has 31 heavy (non-hydrogen) atoms. The number of likely N-dealkylation sites (tertiary alicyclic amines) is 1. The summed E-state index contributed by atoms with van der Waals surface area (Å²) in [4.78, 5) is 28.0. The molecule has 3 aliphatic rings. The predicted octanol–water partition coefficient (Wildman–Crippen LogP) is 2.37. The van der Waals surface area contributed by atoms with Crippen LogP contribution in [-0.2, 0) is 0 Å². The summed E-state index contributed by atoms with van der Waals surface area (Å²) in [6.45, 7) is 0.321. The highest BCUT2D eigenvalue weighted by atomic mass is 19.4. The van der Waals surface area contributed by atoms with E-state index in [1.54, 1.807) is 0 Å². The lowest BCUT2D eigenvalue weighted by Crippen LogP contribution is -2.46. The molecule has 4 atom stereocenters. The molecule has 1 aromatic rings. The molecule has 0 spiro atoms. The summed E-state index contributed by atoms with van der Waals surface area (Å²) in [6.07, 6.45) is -6.79. The highest BCUT2D eigenvalue weighted by Gasteiger charge is 2.53. The zero-order valence-corrected chi connectivity index (χ0v) is 16.6. The second-order valence-electron chi connectivity index (χ2n) is 8.51. The van der Waals surface area contributed by atoms with Gasteiger partial charge in [0.15, 0.2) is 0 Å². The summed E-state index contributed by atoms with van der Waals surface area (Å²) >= 11 is 0. The lowest BCUT2D eigenvalue weighted by atomic mass is 9.82. The van der Waals surface area contributed by atoms with Gasteiger partial charge in [0.25, 0.3) is 12.0 Å². The van der Waals surface area contributed by atoms with Gasteiger partial charge in [-0.05, 0) is 25.3 Å². The maximum absolute atomic E-state index is 15.4. The Morgan fingerprint density at radius 2 is 1.84 bits per heavy atom. The van der Waals surface area contributed by atoms with E-state index < -0.39 is 71.2 Å². The smallest absolute Gasteiger partial charge is 0.330 e. The maximum Gasteiger partial charge on any atom is 0.393 e. The normalized spacial score (nSPS) is 29.7. The molecular formula is C19H22F6N4O2. The first-order chi connectivity index (χ1) is 14.5. The summed E-state index contributed by atoms with van der Waals surface area (Å²) in [6, 6.07) is -1.77.